The lowest BCUT2D eigenvalue weighted by Gasteiger charge is -2.07. The van der Waals surface area contributed by atoms with E-state index in [9.17, 15) is 4.79 Å². The molecule has 0 bridgehead atoms. The van der Waals surface area contributed by atoms with Gasteiger partial charge in [-0.05, 0) is 26.0 Å². The molecule has 3 rings (SSSR count). The first kappa shape index (κ1) is 17.0. The number of rotatable bonds is 6. The largest absolute Gasteiger partial charge is 0.496 e. The van der Waals surface area contributed by atoms with Crippen LogP contribution in [0.25, 0.3) is 11.5 Å². The van der Waals surface area contributed by atoms with E-state index in [1.165, 1.54) is 0 Å². The van der Waals surface area contributed by atoms with E-state index in [1.54, 1.807) is 27.0 Å². The van der Waals surface area contributed by atoms with Crippen LogP contribution in [0.3, 0.4) is 0 Å². The second kappa shape index (κ2) is 7.39. The minimum atomic E-state index is -0.462. The molecule has 0 aliphatic carbocycles. The molecule has 0 spiro atoms. The number of hydrogen-bond donors (Lipinski definition) is 1. The Morgan fingerprint density at radius 2 is 2.12 bits per heavy atom. The Hall–Kier alpha value is -2.81. The van der Waals surface area contributed by atoms with Crippen LogP contribution < -0.4 is 10.1 Å². The third-order valence-electron chi connectivity index (χ3n) is 3.27. The topological polar surface area (TPSA) is 103 Å². The van der Waals surface area contributed by atoms with Gasteiger partial charge in [-0.25, -0.2) is 0 Å². The van der Waals surface area contributed by atoms with Gasteiger partial charge in [0.05, 0.1) is 23.6 Å². The quantitative estimate of drug-likeness (QED) is 0.669. The zero-order valence-electron chi connectivity index (χ0n) is 13.8. The Bertz CT molecular complexity index is 876. The summed E-state index contributed by atoms with van der Waals surface area (Å²) in [6.45, 7) is 3.51. The molecule has 25 heavy (non-hydrogen) atoms. The molecule has 0 saturated carbocycles. The summed E-state index contributed by atoms with van der Waals surface area (Å²) in [5, 5.41) is 14.2. The van der Waals surface area contributed by atoms with Crippen molar-refractivity contribution < 1.29 is 18.5 Å². The lowest BCUT2D eigenvalue weighted by molar-refractivity contribution is -0.115. The maximum absolute atomic E-state index is 12.2. The Balaban J connectivity index is 1.67. The van der Waals surface area contributed by atoms with Crippen molar-refractivity contribution >= 4 is 23.6 Å². The van der Waals surface area contributed by atoms with Crippen LogP contribution in [0.2, 0.25) is 0 Å². The first-order valence-corrected chi connectivity index (χ1v) is 8.32. The number of ether oxygens (including phenoxy) is 1. The predicted molar refractivity (Wildman–Crippen MR) is 91.5 cm³/mol. The normalized spacial score (nSPS) is 12.0. The van der Waals surface area contributed by atoms with Crippen LogP contribution >= 0.6 is 11.8 Å². The molecular weight excluding hydrogens is 344 g/mol. The molecule has 1 atom stereocenters. The van der Waals surface area contributed by atoms with Crippen molar-refractivity contribution in [1.82, 2.24) is 15.4 Å². The fraction of sp³-hybridized carbons (Fsp3) is 0.250. The number of carbonyl (C=O) groups excluding carboxylic acids is 1. The van der Waals surface area contributed by atoms with Gasteiger partial charge in [0.1, 0.15) is 5.75 Å². The molecule has 0 aliphatic rings. The molecule has 1 N–H and O–H groups in total. The molecule has 1 aromatic carbocycles. The van der Waals surface area contributed by atoms with E-state index in [1.807, 2.05) is 24.3 Å². The third-order valence-corrected chi connectivity index (χ3v) is 4.20. The fourth-order valence-corrected chi connectivity index (χ4v) is 2.72. The number of nitrogens with one attached hydrogen (secondary N) is 1. The van der Waals surface area contributed by atoms with Crippen LogP contribution in [-0.4, -0.2) is 33.6 Å². The molecule has 1 unspecified atom stereocenters. The molecular formula is C16H16N4O4S. The lowest BCUT2D eigenvalue weighted by atomic mass is 10.2. The smallest absolute Gasteiger partial charge is 0.277 e. The standard InChI is InChI=1S/C16H16N4O4S/c1-9-8-13(24-20-9)17-14(21)10(2)25-16-19-18-15(23-16)11-6-4-5-7-12(11)22-3/h4-8,10H,1-3H3,(H,17,21). The number of para-hydroxylation sites is 1. The Morgan fingerprint density at radius 3 is 2.84 bits per heavy atom. The van der Waals surface area contributed by atoms with E-state index < -0.39 is 5.25 Å². The summed E-state index contributed by atoms with van der Waals surface area (Å²) < 4.78 is 15.9. The van der Waals surface area contributed by atoms with Gasteiger partial charge in [-0.1, -0.05) is 29.1 Å². The summed E-state index contributed by atoms with van der Waals surface area (Å²) in [5.74, 6) is 1.01. The average molecular weight is 360 g/mol. The SMILES string of the molecule is COc1ccccc1-c1nnc(SC(C)C(=O)Nc2cc(C)no2)o1. The second-order valence-electron chi connectivity index (χ2n) is 5.16. The van der Waals surface area contributed by atoms with Gasteiger partial charge in [0.2, 0.25) is 11.8 Å². The van der Waals surface area contributed by atoms with Crippen molar-refractivity contribution in [2.75, 3.05) is 12.4 Å². The van der Waals surface area contributed by atoms with E-state index in [-0.39, 0.29) is 11.1 Å². The van der Waals surface area contributed by atoms with Crippen molar-refractivity contribution in [2.24, 2.45) is 0 Å². The van der Waals surface area contributed by atoms with Crippen molar-refractivity contribution in [1.29, 1.82) is 0 Å². The summed E-state index contributed by atoms with van der Waals surface area (Å²) in [6, 6.07) is 8.98. The van der Waals surface area contributed by atoms with Crippen molar-refractivity contribution in [3.63, 3.8) is 0 Å². The Morgan fingerprint density at radius 1 is 1.32 bits per heavy atom. The number of benzene rings is 1. The highest BCUT2D eigenvalue weighted by Crippen LogP contribution is 2.31. The van der Waals surface area contributed by atoms with Crippen LogP contribution in [-0.2, 0) is 4.79 Å². The zero-order chi connectivity index (χ0) is 17.8. The minimum absolute atomic E-state index is 0.252. The molecule has 2 heterocycles. The van der Waals surface area contributed by atoms with Gasteiger partial charge >= 0.3 is 0 Å². The van der Waals surface area contributed by atoms with Crippen molar-refractivity contribution in [3.05, 3.63) is 36.0 Å². The number of nitrogens with zero attached hydrogens (tertiary/aromatic N) is 3. The summed E-state index contributed by atoms with van der Waals surface area (Å²) in [7, 11) is 1.57. The second-order valence-corrected chi connectivity index (χ2v) is 6.45. The molecule has 3 aromatic rings. The molecule has 0 fully saturated rings. The number of aryl methyl sites for hydroxylation is 1. The molecule has 0 radical (unpaired) electrons. The number of methoxy groups -OCH3 is 1. The fourth-order valence-electron chi connectivity index (χ4n) is 2.04. The Labute approximate surface area is 147 Å². The summed E-state index contributed by atoms with van der Waals surface area (Å²) in [4.78, 5) is 12.2. The van der Waals surface area contributed by atoms with Crippen LogP contribution in [0, 0.1) is 6.92 Å². The van der Waals surface area contributed by atoms with E-state index in [0.717, 1.165) is 11.8 Å². The highest BCUT2D eigenvalue weighted by molar-refractivity contribution is 8.00. The number of thioether (sulfide) groups is 1. The number of aromatic nitrogens is 3. The Kier molecular flexibility index (Phi) is 5.03. The van der Waals surface area contributed by atoms with Crippen LogP contribution in [0.15, 0.2) is 44.5 Å². The number of carbonyl (C=O) groups is 1. The molecule has 0 aliphatic heterocycles. The average Bonchev–Trinajstić information content (AvgIpc) is 3.23. The summed E-state index contributed by atoms with van der Waals surface area (Å²) in [6.07, 6.45) is 0. The van der Waals surface area contributed by atoms with E-state index in [4.69, 9.17) is 13.7 Å². The molecule has 2 aromatic heterocycles. The molecule has 130 valence electrons. The molecule has 0 saturated heterocycles. The molecule has 8 nitrogen and oxygen atoms in total. The lowest BCUT2D eigenvalue weighted by Crippen LogP contribution is -2.22. The highest BCUT2D eigenvalue weighted by Gasteiger charge is 2.20. The molecule has 1 amide bonds. The van der Waals surface area contributed by atoms with E-state index in [2.05, 4.69) is 20.7 Å². The van der Waals surface area contributed by atoms with E-state index in [0.29, 0.717) is 28.8 Å². The summed E-state index contributed by atoms with van der Waals surface area (Å²) >= 11 is 1.15. The number of hydrogen-bond acceptors (Lipinski definition) is 8. The van der Waals surface area contributed by atoms with Gasteiger partial charge in [0.15, 0.2) is 0 Å². The van der Waals surface area contributed by atoms with Gasteiger partial charge < -0.3 is 13.7 Å². The first-order chi connectivity index (χ1) is 12.1. The molecule has 9 heteroatoms. The predicted octanol–water partition coefficient (Wildman–Crippen LogP) is 3.16. The van der Waals surface area contributed by atoms with Crippen LogP contribution in [0.1, 0.15) is 12.6 Å². The van der Waals surface area contributed by atoms with Crippen LogP contribution in [0.5, 0.6) is 5.75 Å². The van der Waals surface area contributed by atoms with Gasteiger partial charge in [0, 0.05) is 6.07 Å². The summed E-state index contributed by atoms with van der Waals surface area (Å²) in [5.41, 5.74) is 1.38. The van der Waals surface area contributed by atoms with Gasteiger partial charge in [0.25, 0.3) is 11.1 Å². The zero-order valence-corrected chi connectivity index (χ0v) is 14.7. The first-order valence-electron chi connectivity index (χ1n) is 7.44. The van der Waals surface area contributed by atoms with Crippen LogP contribution in [0.4, 0.5) is 5.88 Å². The maximum atomic E-state index is 12.2. The van der Waals surface area contributed by atoms with Gasteiger partial charge in [-0.2, -0.15) is 0 Å². The van der Waals surface area contributed by atoms with Gasteiger partial charge in [-0.3, -0.25) is 10.1 Å². The maximum Gasteiger partial charge on any atom is 0.277 e. The van der Waals surface area contributed by atoms with Crippen molar-refractivity contribution in [3.8, 4) is 17.2 Å². The number of amides is 1. The highest BCUT2D eigenvalue weighted by atomic mass is 32.2. The van der Waals surface area contributed by atoms with E-state index >= 15 is 0 Å². The van der Waals surface area contributed by atoms with Crippen molar-refractivity contribution in [2.45, 2.75) is 24.3 Å². The number of anilines is 1. The third kappa shape index (κ3) is 4.00. The monoisotopic (exact) mass is 360 g/mol. The minimum Gasteiger partial charge on any atom is -0.496 e. The van der Waals surface area contributed by atoms with Gasteiger partial charge in [-0.15, -0.1) is 10.2 Å².